The maximum Gasteiger partial charge on any atom is 0.139 e. The maximum atomic E-state index is 8.41. The van der Waals surface area contributed by atoms with Gasteiger partial charge in [0.15, 0.2) is 0 Å². The molecule has 0 saturated carbocycles. The third-order valence-corrected chi connectivity index (χ3v) is 2.64. The molecule has 4 heteroatoms. The van der Waals surface area contributed by atoms with Gasteiger partial charge in [-0.3, -0.25) is 0 Å². The molecule has 0 aliphatic heterocycles. The fourth-order valence-corrected chi connectivity index (χ4v) is 1.70. The molecule has 17 heavy (non-hydrogen) atoms. The summed E-state index contributed by atoms with van der Waals surface area (Å²) in [6.45, 7) is 5.17. The standard InChI is InChI=1S/C13H21N3O/c1-10(2)11-6-3-4-7-12(11)15-9-5-8-13(14)16-17/h3-4,6-7,10,15,17H,5,8-9H2,1-2H3,(H2,14,16). The SMILES string of the molecule is CC(C)c1ccccc1NCCCC(N)=NO. The van der Waals surface area contributed by atoms with Gasteiger partial charge in [-0.1, -0.05) is 37.2 Å². The first-order valence-corrected chi connectivity index (χ1v) is 5.94. The third kappa shape index (κ3) is 4.34. The van der Waals surface area contributed by atoms with Gasteiger partial charge in [-0.2, -0.15) is 0 Å². The van der Waals surface area contributed by atoms with E-state index < -0.39 is 0 Å². The van der Waals surface area contributed by atoms with Gasteiger partial charge in [0.2, 0.25) is 0 Å². The Morgan fingerprint density at radius 1 is 1.41 bits per heavy atom. The minimum atomic E-state index is 0.281. The molecule has 0 aliphatic rings. The quantitative estimate of drug-likeness (QED) is 0.233. The van der Waals surface area contributed by atoms with Crippen LogP contribution in [0.4, 0.5) is 5.69 Å². The highest BCUT2D eigenvalue weighted by Gasteiger charge is 2.04. The zero-order valence-electron chi connectivity index (χ0n) is 10.5. The van der Waals surface area contributed by atoms with E-state index in [2.05, 4.69) is 42.5 Å². The highest BCUT2D eigenvalue weighted by molar-refractivity contribution is 5.79. The summed E-state index contributed by atoms with van der Waals surface area (Å²) in [7, 11) is 0. The highest BCUT2D eigenvalue weighted by atomic mass is 16.4. The van der Waals surface area contributed by atoms with E-state index in [1.807, 2.05) is 6.07 Å². The van der Waals surface area contributed by atoms with Gasteiger partial charge < -0.3 is 16.3 Å². The third-order valence-electron chi connectivity index (χ3n) is 2.64. The fraction of sp³-hybridized carbons (Fsp3) is 0.462. The van der Waals surface area contributed by atoms with Crippen LogP contribution in [-0.4, -0.2) is 17.6 Å². The number of nitrogens with two attached hydrogens (primary N) is 1. The Morgan fingerprint density at radius 2 is 2.12 bits per heavy atom. The van der Waals surface area contributed by atoms with E-state index >= 15 is 0 Å². The lowest BCUT2D eigenvalue weighted by Gasteiger charge is -2.14. The lowest BCUT2D eigenvalue weighted by Crippen LogP contribution is -2.14. The van der Waals surface area contributed by atoms with E-state index in [1.54, 1.807) is 0 Å². The molecule has 0 heterocycles. The Hall–Kier alpha value is -1.71. The number of nitrogens with zero attached hydrogens (tertiary/aromatic N) is 1. The molecule has 0 radical (unpaired) electrons. The monoisotopic (exact) mass is 235 g/mol. The zero-order valence-corrected chi connectivity index (χ0v) is 10.5. The van der Waals surface area contributed by atoms with Crippen LogP contribution in [-0.2, 0) is 0 Å². The van der Waals surface area contributed by atoms with E-state index in [9.17, 15) is 0 Å². The molecule has 0 fully saturated rings. The number of amidine groups is 1. The minimum absolute atomic E-state index is 0.281. The average Bonchev–Trinajstić information content (AvgIpc) is 2.34. The van der Waals surface area contributed by atoms with Gasteiger partial charge in [-0.25, -0.2) is 0 Å². The predicted octanol–water partition coefficient (Wildman–Crippen LogP) is 2.75. The zero-order chi connectivity index (χ0) is 12.7. The predicted molar refractivity (Wildman–Crippen MR) is 71.7 cm³/mol. The Bertz CT molecular complexity index is 375. The molecule has 0 unspecified atom stereocenters. The number of benzene rings is 1. The van der Waals surface area contributed by atoms with Crippen LogP contribution >= 0.6 is 0 Å². The molecule has 0 spiro atoms. The van der Waals surface area contributed by atoms with Crippen LogP contribution in [0.3, 0.4) is 0 Å². The van der Waals surface area contributed by atoms with Crippen LogP contribution in [0.1, 0.15) is 38.2 Å². The summed E-state index contributed by atoms with van der Waals surface area (Å²) < 4.78 is 0. The highest BCUT2D eigenvalue weighted by Crippen LogP contribution is 2.23. The molecule has 0 aliphatic carbocycles. The van der Waals surface area contributed by atoms with E-state index in [1.165, 1.54) is 11.3 Å². The summed E-state index contributed by atoms with van der Waals surface area (Å²) in [5.74, 6) is 0.784. The molecule has 94 valence electrons. The summed E-state index contributed by atoms with van der Waals surface area (Å²) in [5.41, 5.74) is 7.89. The number of anilines is 1. The minimum Gasteiger partial charge on any atom is -0.409 e. The first-order chi connectivity index (χ1) is 8.15. The van der Waals surface area contributed by atoms with Crippen LogP contribution < -0.4 is 11.1 Å². The topological polar surface area (TPSA) is 70.6 Å². The molecule has 0 bridgehead atoms. The first-order valence-electron chi connectivity index (χ1n) is 5.94. The smallest absolute Gasteiger partial charge is 0.139 e. The first kappa shape index (κ1) is 13.4. The van der Waals surface area contributed by atoms with E-state index in [0.29, 0.717) is 12.3 Å². The normalized spacial score (nSPS) is 11.8. The second kappa shape index (κ2) is 6.78. The summed E-state index contributed by atoms with van der Waals surface area (Å²) in [4.78, 5) is 0. The van der Waals surface area contributed by atoms with Crippen LogP contribution in [0.15, 0.2) is 29.4 Å². The average molecular weight is 235 g/mol. The van der Waals surface area contributed by atoms with Gasteiger partial charge in [0.05, 0.1) is 0 Å². The van der Waals surface area contributed by atoms with Crippen molar-refractivity contribution in [1.82, 2.24) is 0 Å². The number of rotatable bonds is 6. The second-order valence-corrected chi connectivity index (χ2v) is 4.36. The summed E-state index contributed by atoms with van der Waals surface area (Å²) in [6, 6.07) is 8.30. The fourth-order valence-electron chi connectivity index (χ4n) is 1.70. The Kier molecular flexibility index (Phi) is 5.33. The van der Waals surface area contributed by atoms with Crippen molar-refractivity contribution in [1.29, 1.82) is 0 Å². The van der Waals surface area contributed by atoms with Crippen LogP contribution in [0.2, 0.25) is 0 Å². The van der Waals surface area contributed by atoms with Crippen molar-refractivity contribution in [3.05, 3.63) is 29.8 Å². The van der Waals surface area contributed by atoms with Crippen LogP contribution in [0, 0.1) is 0 Å². The van der Waals surface area contributed by atoms with E-state index in [0.717, 1.165) is 13.0 Å². The molecule has 4 N–H and O–H groups in total. The van der Waals surface area contributed by atoms with Crippen molar-refractivity contribution >= 4 is 11.5 Å². The molecular weight excluding hydrogens is 214 g/mol. The number of hydrogen-bond donors (Lipinski definition) is 3. The number of oxime groups is 1. The summed E-state index contributed by atoms with van der Waals surface area (Å²) in [5, 5.41) is 14.7. The number of hydrogen-bond acceptors (Lipinski definition) is 3. The molecule has 0 amide bonds. The van der Waals surface area contributed by atoms with Gasteiger partial charge in [0.1, 0.15) is 5.84 Å². The van der Waals surface area contributed by atoms with Crippen LogP contribution in [0.25, 0.3) is 0 Å². The van der Waals surface area contributed by atoms with Gasteiger partial charge >= 0.3 is 0 Å². The van der Waals surface area contributed by atoms with Gasteiger partial charge in [0, 0.05) is 18.7 Å². The van der Waals surface area contributed by atoms with Crippen molar-refractivity contribution in [2.24, 2.45) is 10.9 Å². The van der Waals surface area contributed by atoms with Gasteiger partial charge in [-0.05, 0) is 24.0 Å². The lowest BCUT2D eigenvalue weighted by molar-refractivity contribution is 0.316. The van der Waals surface area contributed by atoms with Crippen molar-refractivity contribution in [3.8, 4) is 0 Å². The lowest BCUT2D eigenvalue weighted by atomic mass is 10.0. The molecule has 0 saturated heterocycles. The Labute approximate surface area is 103 Å². The molecular formula is C13H21N3O. The molecule has 1 aromatic rings. The Morgan fingerprint density at radius 3 is 2.76 bits per heavy atom. The van der Waals surface area contributed by atoms with Gasteiger partial charge in [0.25, 0.3) is 0 Å². The van der Waals surface area contributed by atoms with Crippen molar-refractivity contribution in [2.45, 2.75) is 32.6 Å². The van der Waals surface area contributed by atoms with Crippen molar-refractivity contribution in [2.75, 3.05) is 11.9 Å². The van der Waals surface area contributed by atoms with Gasteiger partial charge in [-0.15, -0.1) is 0 Å². The summed E-state index contributed by atoms with van der Waals surface area (Å²) in [6.07, 6.45) is 1.45. The molecule has 1 rings (SSSR count). The largest absolute Gasteiger partial charge is 0.409 e. The van der Waals surface area contributed by atoms with Crippen molar-refractivity contribution in [3.63, 3.8) is 0 Å². The Balaban J connectivity index is 2.46. The van der Waals surface area contributed by atoms with E-state index in [4.69, 9.17) is 10.9 Å². The maximum absolute atomic E-state index is 8.41. The van der Waals surface area contributed by atoms with E-state index in [-0.39, 0.29) is 5.84 Å². The second-order valence-electron chi connectivity index (χ2n) is 4.36. The number of nitrogens with one attached hydrogen (secondary N) is 1. The molecule has 0 aromatic heterocycles. The molecule has 4 nitrogen and oxygen atoms in total. The molecule has 0 atom stereocenters. The molecule has 1 aromatic carbocycles. The summed E-state index contributed by atoms with van der Waals surface area (Å²) >= 11 is 0. The van der Waals surface area contributed by atoms with Crippen molar-refractivity contribution < 1.29 is 5.21 Å². The van der Waals surface area contributed by atoms with Crippen LogP contribution in [0.5, 0.6) is 0 Å². The number of para-hydroxylation sites is 1.